The topological polar surface area (TPSA) is 86.9 Å². The Morgan fingerprint density at radius 1 is 1.26 bits per heavy atom. The first-order valence-electron chi connectivity index (χ1n) is 9.49. The quantitative estimate of drug-likeness (QED) is 0.593. The molecule has 10 heteroatoms. The normalized spacial score (nSPS) is 16.2. The highest BCUT2D eigenvalue weighted by Crippen LogP contribution is 2.26. The van der Waals surface area contributed by atoms with Gasteiger partial charge in [-0.25, -0.2) is 8.78 Å². The fourth-order valence-corrected chi connectivity index (χ4v) is 3.09. The molecule has 0 saturated carbocycles. The van der Waals surface area contributed by atoms with Gasteiger partial charge in [-0.15, -0.1) is 0 Å². The van der Waals surface area contributed by atoms with E-state index < -0.39 is 24.3 Å². The zero-order valence-electron chi connectivity index (χ0n) is 16.6. The third-order valence-corrected chi connectivity index (χ3v) is 4.71. The number of aromatic nitrogens is 2. The molecule has 0 aliphatic carbocycles. The van der Waals surface area contributed by atoms with Crippen molar-refractivity contribution in [3.63, 3.8) is 0 Å². The predicted molar refractivity (Wildman–Crippen MR) is 103 cm³/mol. The van der Waals surface area contributed by atoms with Gasteiger partial charge in [0.1, 0.15) is 11.6 Å². The summed E-state index contributed by atoms with van der Waals surface area (Å²) in [5, 5.41) is 3.98. The van der Waals surface area contributed by atoms with Crippen molar-refractivity contribution in [2.24, 2.45) is 0 Å². The highest BCUT2D eigenvalue weighted by molar-refractivity contribution is 5.78. The third kappa shape index (κ3) is 4.80. The average Bonchev–Trinajstić information content (AvgIpc) is 3.29. The van der Waals surface area contributed by atoms with E-state index in [1.807, 2.05) is 12.1 Å². The minimum atomic E-state index is -0.872. The van der Waals surface area contributed by atoms with Crippen molar-refractivity contribution >= 4 is 5.91 Å². The molecule has 0 bridgehead atoms. The van der Waals surface area contributed by atoms with Crippen LogP contribution in [-0.2, 0) is 9.53 Å². The SMILES string of the molecule is COc1cccc(-c2noc([C@H]3CN(C(=O)COc4ccc(F)cc4F)CCO3)n2)c1. The first-order chi connectivity index (χ1) is 15.0. The maximum atomic E-state index is 13.7. The lowest BCUT2D eigenvalue weighted by Crippen LogP contribution is -2.44. The van der Waals surface area contributed by atoms with Gasteiger partial charge in [-0.05, 0) is 24.3 Å². The zero-order valence-corrected chi connectivity index (χ0v) is 16.6. The minimum Gasteiger partial charge on any atom is -0.497 e. The summed E-state index contributed by atoms with van der Waals surface area (Å²) in [6.45, 7) is 0.377. The number of morpholine rings is 1. The summed E-state index contributed by atoms with van der Waals surface area (Å²) in [5.41, 5.74) is 0.716. The Bertz CT molecular complexity index is 1070. The average molecular weight is 431 g/mol. The second-order valence-electron chi connectivity index (χ2n) is 6.75. The van der Waals surface area contributed by atoms with Gasteiger partial charge in [0, 0.05) is 18.2 Å². The summed E-state index contributed by atoms with van der Waals surface area (Å²) >= 11 is 0. The van der Waals surface area contributed by atoms with Crippen molar-refractivity contribution in [3.05, 3.63) is 60.0 Å². The molecule has 1 fully saturated rings. The van der Waals surface area contributed by atoms with Crippen molar-refractivity contribution in [1.82, 2.24) is 15.0 Å². The second kappa shape index (κ2) is 9.09. The van der Waals surface area contributed by atoms with Crippen LogP contribution in [0.5, 0.6) is 11.5 Å². The molecule has 0 N–H and O–H groups in total. The molecule has 1 aliphatic heterocycles. The van der Waals surface area contributed by atoms with Crippen molar-refractivity contribution in [3.8, 4) is 22.9 Å². The zero-order chi connectivity index (χ0) is 21.8. The third-order valence-electron chi connectivity index (χ3n) is 4.71. The van der Waals surface area contributed by atoms with Crippen LogP contribution in [0.2, 0.25) is 0 Å². The molecule has 1 aliphatic rings. The van der Waals surface area contributed by atoms with Crippen LogP contribution in [-0.4, -0.2) is 54.4 Å². The van der Waals surface area contributed by atoms with E-state index in [0.29, 0.717) is 29.7 Å². The maximum Gasteiger partial charge on any atom is 0.260 e. The fraction of sp³-hybridized carbons (Fsp3) is 0.286. The number of benzene rings is 2. The van der Waals surface area contributed by atoms with Crippen LogP contribution in [0.15, 0.2) is 47.0 Å². The smallest absolute Gasteiger partial charge is 0.260 e. The molecule has 2 heterocycles. The molecule has 1 amide bonds. The summed E-state index contributed by atoms with van der Waals surface area (Å²) < 4.78 is 48.1. The number of carbonyl (C=O) groups is 1. The number of hydrogen-bond acceptors (Lipinski definition) is 7. The number of nitrogens with zero attached hydrogens (tertiary/aromatic N) is 3. The second-order valence-corrected chi connectivity index (χ2v) is 6.75. The summed E-state index contributed by atoms with van der Waals surface area (Å²) in [6.07, 6.45) is -0.605. The van der Waals surface area contributed by atoms with Gasteiger partial charge >= 0.3 is 0 Å². The van der Waals surface area contributed by atoms with Gasteiger partial charge in [0.15, 0.2) is 24.3 Å². The Morgan fingerprint density at radius 2 is 2.13 bits per heavy atom. The van der Waals surface area contributed by atoms with Gasteiger partial charge in [-0.1, -0.05) is 17.3 Å². The lowest BCUT2D eigenvalue weighted by molar-refractivity contribution is -0.142. The molecule has 0 unspecified atom stereocenters. The fourth-order valence-electron chi connectivity index (χ4n) is 3.09. The molecule has 2 aromatic carbocycles. The molecule has 0 radical (unpaired) electrons. The van der Waals surface area contributed by atoms with Gasteiger partial charge < -0.3 is 23.6 Å². The number of amides is 1. The Labute approximate surface area is 176 Å². The van der Waals surface area contributed by atoms with Crippen LogP contribution in [0, 0.1) is 11.6 Å². The summed E-state index contributed by atoms with van der Waals surface area (Å²) in [6, 6.07) is 10.1. The van der Waals surface area contributed by atoms with E-state index in [1.54, 1.807) is 19.2 Å². The largest absolute Gasteiger partial charge is 0.497 e. The molecule has 8 nitrogen and oxygen atoms in total. The van der Waals surface area contributed by atoms with E-state index in [-0.39, 0.29) is 30.7 Å². The first-order valence-corrected chi connectivity index (χ1v) is 9.49. The van der Waals surface area contributed by atoms with Crippen molar-refractivity contribution in [2.45, 2.75) is 6.10 Å². The van der Waals surface area contributed by atoms with Crippen molar-refractivity contribution < 1.29 is 32.3 Å². The summed E-state index contributed by atoms with van der Waals surface area (Å²) in [5.74, 6) is -0.892. The predicted octanol–water partition coefficient (Wildman–Crippen LogP) is 3.00. The van der Waals surface area contributed by atoms with E-state index in [9.17, 15) is 13.6 Å². The highest BCUT2D eigenvalue weighted by atomic mass is 19.1. The molecular formula is C21H19F2N3O5. The van der Waals surface area contributed by atoms with Crippen LogP contribution in [0.1, 0.15) is 12.0 Å². The molecule has 1 aromatic heterocycles. The number of rotatable bonds is 6. The van der Waals surface area contributed by atoms with Crippen molar-refractivity contribution in [2.75, 3.05) is 33.4 Å². The Morgan fingerprint density at radius 3 is 2.94 bits per heavy atom. The van der Waals surface area contributed by atoms with Gasteiger partial charge in [0.2, 0.25) is 5.82 Å². The number of carbonyl (C=O) groups excluding carboxylic acids is 1. The van der Waals surface area contributed by atoms with E-state index in [0.717, 1.165) is 12.1 Å². The number of hydrogen-bond donors (Lipinski definition) is 0. The standard InChI is InChI=1S/C21H19F2N3O5/c1-28-15-4-2-3-13(9-15)20-24-21(31-25-20)18-11-26(7-8-29-18)19(27)12-30-17-6-5-14(22)10-16(17)23/h2-6,9-10,18H,7-8,11-12H2,1H3/t18-/m1/s1. The Kier molecular flexibility index (Phi) is 6.08. The molecule has 1 saturated heterocycles. The van der Waals surface area contributed by atoms with E-state index in [4.69, 9.17) is 18.7 Å². The summed E-state index contributed by atoms with van der Waals surface area (Å²) in [7, 11) is 1.57. The molecule has 162 valence electrons. The molecule has 31 heavy (non-hydrogen) atoms. The monoisotopic (exact) mass is 431 g/mol. The van der Waals surface area contributed by atoms with Crippen LogP contribution in [0.4, 0.5) is 8.78 Å². The van der Waals surface area contributed by atoms with E-state index in [2.05, 4.69) is 10.1 Å². The van der Waals surface area contributed by atoms with Gasteiger partial charge in [-0.2, -0.15) is 4.98 Å². The van der Waals surface area contributed by atoms with Crippen molar-refractivity contribution in [1.29, 1.82) is 0 Å². The lowest BCUT2D eigenvalue weighted by atomic mass is 10.2. The summed E-state index contributed by atoms with van der Waals surface area (Å²) in [4.78, 5) is 18.4. The van der Waals surface area contributed by atoms with Crippen LogP contribution >= 0.6 is 0 Å². The highest BCUT2D eigenvalue weighted by Gasteiger charge is 2.30. The molecule has 4 rings (SSSR count). The molecule has 1 atom stereocenters. The van der Waals surface area contributed by atoms with Crippen LogP contribution in [0.25, 0.3) is 11.4 Å². The molecule has 3 aromatic rings. The maximum absolute atomic E-state index is 13.7. The van der Waals surface area contributed by atoms with Crippen LogP contribution < -0.4 is 9.47 Å². The Hall–Kier alpha value is -3.53. The molecular weight excluding hydrogens is 412 g/mol. The first kappa shape index (κ1) is 20.7. The van der Waals surface area contributed by atoms with Crippen LogP contribution in [0.3, 0.4) is 0 Å². The van der Waals surface area contributed by atoms with Gasteiger partial charge in [0.25, 0.3) is 11.8 Å². The number of ether oxygens (including phenoxy) is 3. The Balaban J connectivity index is 1.39. The van der Waals surface area contributed by atoms with Gasteiger partial charge in [-0.3, -0.25) is 4.79 Å². The molecule has 0 spiro atoms. The van der Waals surface area contributed by atoms with Gasteiger partial charge in [0.05, 0.1) is 20.3 Å². The van der Waals surface area contributed by atoms with E-state index in [1.165, 1.54) is 4.90 Å². The number of halogens is 2. The minimum absolute atomic E-state index is 0.174. The lowest BCUT2D eigenvalue weighted by Gasteiger charge is -2.31. The van der Waals surface area contributed by atoms with E-state index >= 15 is 0 Å². The number of methoxy groups -OCH3 is 1.